The summed E-state index contributed by atoms with van der Waals surface area (Å²) < 4.78 is 31.8. The molecule has 0 saturated carbocycles. The minimum atomic E-state index is -0.438. The van der Waals surface area contributed by atoms with E-state index in [0.717, 1.165) is 5.56 Å². The number of carbonyl (C=O) groups is 1. The van der Waals surface area contributed by atoms with Crippen molar-refractivity contribution in [2.24, 2.45) is 0 Å². The van der Waals surface area contributed by atoms with E-state index in [-0.39, 0.29) is 0 Å². The summed E-state index contributed by atoms with van der Waals surface area (Å²) in [6.07, 6.45) is 2.09. The molecule has 0 aliphatic rings. The molecule has 7 nitrogen and oxygen atoms in total. The molecule has 140 valence electrons. The highest BCUT2D eigenvalue weighted by molar-refractivity contribution is 5.95. The Labute approximate surface area is 148 Å². The van der Waals surface area contributed by atoms with Gasteiger partial charge in [-0.1, -0.05) is 0 Å². The zero-order valence-electron chi connectivity index (χ0n) is 15.8. The van der Waals surface area contributed by atoms with Crippen molar-refractivity contribution in [2.45, 2.75) is 13.3 Å². The maximum absolute atomic E-state index is 12.1. The van der Waals surface area contributed by atoms with Gasteiger partial charge in [0.1, 0.15) is 0 Å². The quantitative estimate of drug-likeness (QED) is 0.498. The van der Waals surface area contributed by atoms with Crippen LogP contribution in [0.15, 0.2) is 5.57 Å². The first-order valence-corrected chi connectivity index (χ1v) is 7.64. The van der Waals surface area contributed by atoms with Crippen molar-refractivity contribution in [2.75, 3.05) is 49.3 Å². The molecule has 0 N–H and O–H groups in total. The van der Waals surface area contributed by atoms with Crippen LogP contribution < -0.4 is 18.9 Å². The van der Waals surface area contributed by atoms with Crippen molar-refractivity contribution in [1.82, 2.24) is 0 Å². The Morgan fingerprint density at radius 3 is 1.80 bits per heavy atom. The smallest absolute Gasteiger partial charge is 0.333 e. The summed E-state index contributed by atoms with van der Waals surface area (Å²) in [5, 5.41) is 0. The van der Waals surface area contributed by atoms with Gasteiger partial charge in [0.15, 0.2) is 11.5 Å². The Hall–Kier alpha value is -2.41. The minimum absolute atomic E-state index is 0.382. The Morgan fingerprint density at radius 1 is 0.840 bits per heavy atom. The van der Waals surface area contributed by atoms with Gasteiger partial charge in [-0.25, -0.2) is 4.79 Å². The van der Waals surface area contributed by atoms with Gasteiger partial charge in [-0.05, 0) is 13.0 Å². The summed E-state index contributed by atoms with van der Waals surface area (Å²) in [4.78, 5) is 12.1. The van der Waals surface area contributed by atoms with E-state index < -0.39 is 5.97 Å². The van der Waals surface area contributed by atoms with Gasteiger partial charge >= 0.3 is 5.97 Å². The second-order valence-corrected chi connectivity index (χ2v) is 5.08. The number of hydrogen-bond donors (Lipinski definition) is 0. The van der Waals surface area contributed by atoms with E-state index >= 15 is 0 Å². The third kappa shape index (κ3) is 4.36. The molecule has 0 saturated heterocycles. The molecule has 1 aromatic rings. The molecule has 0 bridgehead atoms. The summed E-state index contributed by atoms with van der Waals surface area (Å²) in [5.41, 5.74) is 1.84. The Morgan fingerprint density at radius 2 is 1.36 bits per heavy atom. The van der Waals surface area contributed by atoms with E-state index in [1.54, 1.807) is 13.2 Å². The number of rotatable bonds is 9. The number of methoxy groups -OCH3 is 6. The van der Waals surface area contributed by atoms with Crippen molar-refractivity contribution in [1.29, 1.82) is 0 Å². The van der Waals surface area contributed by atoms with Gasteiger partial charge in [0.25, 0.3) is 0 Å². The lowest BCUT2D eigenvalue weighted by molar-refractivity contribution is -0.136. The monoisotopic (exact) mass is 354 g/mol. The molecular weight excluding hydrogens is 328 g/mol. The van der Waals surface area contributed by atoms with Gasteiger partial charge in [-0.3, -0.25) is 0 Å². The SMILES string of the molecule is COCCC(=Cc1c(C)c(OC)c(OC)c(OC)c1OC)C(=O)OC. The summed E-state index contributed by atoms with van der Waals surface area (Å²) in [7, 11) is 8.99. The predicted molar refractivity (Wildman–Crippen MR) is 93.9 cm³/mol. The lowest BCUT2D eigenvalue weighted by Gasteiger charge is -2.20. The normalized spacial score (nSPS) is 11.1. The summed E-state index contributed by atoms with van der Waals surface area (Å²) in [5.74, 6) is 1.31. The van der Waals surface area contributed by atoms with E-state index in [1.807, 2.05) is 6.92 Å². The van der Waals surface area contributed by atoms with Crippen molar-refractivity contribution < 1.29 is 33.2 Å². The highest BCUT2D eigenvalue weighted by Gasteiger charge is 2.25. The van der Waals surface area contributed by atoms with Gasteiger partial charge in [-0.15, -0.1) is 0 Å². The molecule has 0 aliphatic heterocycles. The topological polar surface area (TPSA) is 72.5 Å². The lowest BCUT2D eigenvalue weighted by Crippen LogP contribution is -2.08. The van der Waals surface area contributed by atoms with E-state index in [4.69, 9.17) is 28.4 Å². The highest BCUT2D eigenvalue weighted by Crippen LogP contribution is 2.50. The fraction of sp³-hybridized carbons (Fsp3) is 0.500. The van der Waals surface area contributed by atoms with Gasteiger partial charge in [0.2, 0.25) is 11.5 Å². The number of benzene rings is 1. The van der Waals surface area contributed by atoms with Crippen LogP contribution in [0.25, 0.3) is 6.08 Å². The van der Waals surface area contributed by atoms with Gasteiger partial charge in [0.05, 0.1) is 42.2 Å². The molecule has 0 radical (unpaired) electrons. The van der Waals surface area contributed by atoms with Crippen LogP contribution in [-0.4, -0.2) is 55.2 Å². The first kappa shape index (κ1) is 20.6. The van der Waals surface area contributed by atoms with Crippen molar-refractivity contribution in [3.05, 3.63) is 16.7 Å². The van der Waals surface area contributed by atoms with Gasteiger partial charge < -0.3 is 28.4 Å². The maximum Gasteiger partial charge on any atom is 0.333 e. The number of esters is 1. The Kier molecular flexibility index (Phi) is 8.07. The molecule has 0 aliphatic carbocycles. The molecule has 0 spiro atoms. The third-order valence-corrected chi connectivity index (χ3v) is 3.77. The van der Waals surface area contributed by atoms with Crippen LogP contribution in [0.1, 0.15) is 17.5 Å². The Bertz CT molecular complexity index is 635. The van der Waals surface area contributed by atoms with Crippen LogP contribution in [0.2, 0.25) is 0 Å². The molecule has 0 unspecified atom stereocenters. The van der Waals surface area contributed by atoms with Crippen LogP contribution >= 0.6 is 0 Å². The molecule has 0 heterocycles. The van der Waals surface area contributed by atoms with Crippen LogP contribution in [0, 0.1) is 6.92 Å². The number of hydrogen-bond acceptors (Lipinski definition) is 7. The largest absolute Gasteiger partial charge is 0.492 e. The highest BCUT2D eigenvalue weighted by atomic mass is 16.5. The molecular formula is C18H26O7. The van der Waals surface area contributed by atoms with Crippen LogP contribution in [0.3, 0.4) is 0 Å². The minimum Gasteiger partial charge on any atom is -0.492 e. The predicted octanol–water partition coefficient (Wildman–Crippen LogP) is 2.62. The second-order valence-electron chi connectivity index (χ2n) is 5.08. The zero-order valence-corrected chi connectivity index (χ0v) is 15.8. The van der Waals surface area contributed by atoms with E-state index in [2.05, 4.69) is 0 Å². The van der Waals surface area contributed by atoms with E-state index in [9.17, 15) is 4.79 Å². The molecule has 7 heteroatoms. The van der Waals surface area contributed by atoms with Crippen molar-refractivity contribution in [3.63, 3.8) is 0 Å². The molecule has 0 aromatic heterocycles. The molecule has 1 aromatic carbocycles. The molecule has 25 heavy (non-hydrogen) atoms. The molecule has 1 rings (SSSR count). The first-order chi connectivity index (χ1) is 12.0. The number of ether oxygens (including phenoxy) is 6. The lowest BCUT2D eigenvalue weighted by atomic mass is 10.0. The van der Waals surface area contributed by atoms with E-state index in [0.29, 0.717) is 47.2 Å². The van der Waals surface area contributed by atoms with Crippen molar-refractivity contribution in [3.8, 4) is 23.0 Å². The van der Waals surface area contributed by atoms with Crippen LogP contribution in [-0.2, 0) is 14.3 Å². The van der Waals surface area contributed by atoms with Gasteiger partial charge in [0, 0.05) is 30.2 Å². The average Bonchev–Trinajstić information content (AvgIpc) is 2.64. The standard InChI is InChI=1S/C18H26O7/c1-11-13(10-12(8-9-20-2)18(19)25-7)15(22-4)17(24-6)16(23-5)14(11)21-3/h10H,8-9H2,1-7H3. The molecule has 0 fully saturated rings. The zero-order chi connectivity index (χ0) is 19.0. The third-order valence-electron chi connectivity index (χ3n) is 3.77. The maximum atomic E-state index is 12.1. The molecule has 0 amide bonds. The van der Waals surface area contributed by atoms with Gasteiger partial charge in [-0.2, -0.15) is 0 Å². The number of carbonyl (C=O) groups excluding carboxylic acids is 1. The average molecular weight is 354 g/mol. The fourth-order valence-corrected chi connectivity index (χ4v) is 2.53. The first-order valence-electron chi connectivity index (χ1n) is 7.64. The van der Waals surface area contributed by atoms with Crippen LogP contribution in [0.4, 0.5) is 0 Å². The van der Waals surface area contributed by atoms with Crippen molar-refractivity contribution >= 4 is 12.0 Å². The second kappa shape index (κ2) is 9.78. The summed E-state index contributed by atoms with van der Waals surface area (Å²) in [6.45, 7) is 2.23. The summed E-state index contributed by atoms with van der Waals surface area (Å²) >= 11 is 0. The summed E-state index contributed by atoms with van der Waals surface area (Å²) in [6, 6.07) is 0. The Balaban J connectivity index is 3.71. The van der Waals surface area contributed by atoms with E-state index in [1.165, 1.54) is 35.5 Å². The fourth-order valence-electron chi connectivity index (χ4n) is 2.53. The van der Waals surface area contributed by atoms with Crippen LogP contribution in [0.5, 0.6) is 23.0 Å². The molecule has 0 atom stereocenters.